The molecule has 0 unspecified atom stereocenters. The highest BCUT2D eigenvalue weighted by Crippen LogP contribution is 2.33. The lowest BCUT2D eigenvalue weighted by Gasteiger charge is -2.14. The van der Waals surface area contributed by atoms with Gasteiger partial charge in [0.25, 0.3) is 0 Å². The van der Waals surface area contributed by atoms with Crippen molar-refractivity contribution in [1.29, 1.82) is 0 Å². The Balaban J connectivity index is 1.53. The lowest BCUT2D eigenvalue weighted by molar-refractivity contribution is 0.411. The van der Waals surface area contributed by atoms with Gasteiger partial charge in [0.15, 0.2) is 11.5 Å². The van der Waals surface area contributed by atoms with Gasteiger partial charge in [-0.3, -0.25) is 4.98 Å². The summed E-state index contributed by atoms with van der Waals surface area (Å²) < 4.78 is 21.3. The summed E-state index contributed by atoms with van der Waals surface area (Å²) in [4.78, 5) is 17.3. The number of imidazole rings is 1. The van der Waals surface area contributed by atoms with Gasteiger partial charge in [0, 0.05) is 49.2 Å². The number of aromatic amines is 1. The van der Waals surface area contributed by atoms with E-state index in [1.54, 1.807) is 18.5 Å². The number of aromatic nitrogens is 6. The molecule has 0 radical (unpaired) electrons. The van der Waals surface area contributed by atoms with Crippen LogP contribution in [0.25, 0.3) is 50.5 Å². The molecule has 1 aliphatic rings. The van der Waals surface area contributed by atoms with Crippen molar-refractivity contribution in [1.82, 2.24) is 35.0 Å². The quantitative estimate of drug-likeness (QED) is 0.438. The fourth-order valence-electron chi connectivity index (χ4n) is 4.21. The average Bonchev–Trinajstić information content (AvgIpc) is 3.46. The maximum atomic E-state index is 14.2. The first-order chi connectivity index (χ1) is 16.2. The fraction of sp³-hybridized carbons (Fsp3) is 0.167. The first-order valence-corrected chi connectivity index (χ1v) is 10.6. The van der Waals surface area contributed by atoms with E-state index in [4.69, 9.17) is 14.8 Å². The lowest BCUT2D eigenvalue weighted by atomic mass is 10.1. The molecule has 1 aliphatic heterocycles. The summed E-state index contributed by atoms with van der Waals surface area (Å²) in [5, 5.41) is 9.11. The number of fused-ring (bicyclic) bond motifs is 2. The summed E-state index contributed by atoms with van der Waals surface area (Å²) in [7, 11) is 1.51. The van der Waals surface area contributed by atoms with Crippen LogP contribution in [-0.4, -0.2) is 49.9 Å². The maximum Gasteiger partial charge on any atom is 0.163 e. The number of hydrogen-bond acceptors (Lipinski definition) is 6. The van der Waals surface area contributed by atoms with Crippen LogP contribution < -0.4 is 10.1 Å². The maximum absolute atomic E-state index is 14.2. The van der Waals surface area contributed by atoms with Crippen molar-refractivity contribution in [3.05, 3.63) is 60.7 Å². The van der Waals surface area contributed by atoms with Gasteiger partial charge in [-0.05, 0) is 36.4 Å². The second-order valence-corrected chi connectivity index (χ2v) is 7.81. The summed E-state index contributed by atoms with van der Waals surface area (Å²) in [6.45, 7) is 1.70. The van der Waals surface area contributed by atoms with E-state index in [0.717, 1.165) is 41.8 Å². The zero-order valence-electron chi connectivity index (χ0n) is 17.8. The van der Waals surface area contributed by atoms with Crippen molar-refractivity contribution < 1.29 is 9.13 Å². The van der Waals surface area contributed by atoms with Gasteiger partial charge in [0.1, 0.15) is 22.8 Å². The first-order valence-electron chi connectivity index (χ1n) is 10.6. The smallest absolute Gasteiger partial charge is 0.163 e. The van der Waals surface area contributed by atoms with Gasteiger partial charge in [0.2, 0.25) is 0 Å². The number of rotatable bonds is 4. The van der Waals surface area contributed by atoms with E-state index < -0.39 is 5.82 Å². The molecule has 1 aromatic carbocycles. The molecule has 0 atom stereocenters. The van der Waals surface area contributed by atoms with Crippen molar-refractivity contribution in [2.24, 2.45) is 0 Å². The van der Waals surface area contributed by atoms with Crippen molar-refractivity contribution >= 4 is 27.8 Å². The first kappa shape index (κ1) is 19.6. The Labute approximate surface area is 188 Å². The molecule has 0 spiro atoms. The van der Waals surface area contributed by atoms with E-state index in [1.807, 2.05) is 22.9 Å². The molecule has 33 heavy (non-hydrogen) atoms. The van der Waals surface area contributed by atoms with Crippen LogP contribution in [0, 0.1) is 5.82 Å². The van der Waals surface area contributed by atoms with Crippen molar-refractivity contribution in [2.75, 3.05) is 20.2 Å². The van der Waals surface area contributed by atoms with E-state index in [1.165, 1.54) is 19.2 Å². The number of hydrogen-bond donors (Lipinski definition) is 2. The number of pyridine rings is 2. The van der Waals surface area contributed by atoms with Crippen LogP contribution in [0.15, 0.2) is 54.9 Å². The third-order valence-electron chi connectivity index (χ3n) is 5.76. The van der Waals surface area contributed by atoms with Gasteiger partial charge in [-0.1, -0.05) is 0 Å². The van der Waals surface area contributed by atoms with Gasteiger partial charge in [-0.15, -0.1) is 0 Å². The molecule has 2 N–H and O–H groups in total. The molecule has 8 nitrogen and oxygen atoms in total. The molecule has 0 saturated heterocycles. The minimum Gasteiger partial charge on any atom is -0.497 e. The number of benzene rings is 1. The third kappa shape index (κ3) is 3.33. The van der Waals surface area contributed by atoms with E-state index in [9.17, 15) is 4.39 Å². The second kappa shape index (κ2) is 7.79. The summed E-state index contributed by atoms with van der Waals surface area (Å²) in [6, 6.07) is 10.2. The van der Waals surface area contributed by atoms with E-state index in [2.05, 4.69) is 26.3 Å². The standard InChI is InChI=1S/C24H20FN7O/c1-33-17-12-14(11-15(25)13-17)20-22-19(6-10-27-20)29-23(30-22)21-18-3-2-7-28-24(18)32(31-21)16-4-8-26-9-5-16/h2-4,6-7,10-13,26H,5,8-9H2,1H3,(H,29,30). The zero-order chi connectivity index (χ0) is 22.4. The van der Waals surface area contributed by atoms with E-state index in [0.29, 0.717) is 34.0 Å². The van der Waals surface area contributed by atoms with Crippen molar-refractivity contribution in [2.45, 2.75) is 6.42 Å². The molecule has 0 fully saturated rings. The molecule has 4 aromatic heterocycles. The Bertz CT molecular complexity index is 1530. The predicted molar refractivity (Wildman–Crippen MR) is 124 cm³/mol. The number of ether oxygens (including phenoxy) is 1. The summed E-state index contributed by atoms with van der Waals surface area (Å²) >= 11 is 0. The number of nitrogens with one attached hydrogen (secondary N) is 2. The predicted octanol–water partition coefficient (Wildman–Crippen LogP) is 4.02. The summed E-state index contributed by atoms with van der Waals surface area (Å²) in [5.74, 6) is 0.629. The lowest BCUT2D eigenvalue weighted by Crippen LogP contribution is -2.22. The highest BCUT2D eigenvalue weighted by Gasteiger charge is 2.20. The number of methoxy groups -OCH3 is 1. The summed E-state index contributed by atoms with van der Waals surface area (Å²) in [5.41, 5.74) is 5.17. The van der Waals surface area contributed by atoms with Crippen molar-refractivity contribution in [3.8, 4) is 28.5 Å². The third-order valence-corrected chi connectivity index (χ3v) is 5.76. The number of nitrogens with zero attached hydrogens (tertiary/aromatic N) is 5. The Hall–Kier alpha value is -4.11. The van der Waals surface area contributed by atoms with Crippen LogP contribution in [0.2, 0.25) is 0 Å². The topological polar surface area (TPSA) is 93.5 Å². The molecular weight excluding hydrogens is 421 g/mol. The normalized spacial score (nSPS) is 14.1. The average molecular weight is 441 g/mol. The van der Waals surface area contributed by atoms with Gasteiger partial charge in [-0.25, -0.2) is 19.0 Å². The van der Waals surface area contributed by atoms with Crippen LogP contribution in [0.4, 0.5) is 4.39 Å². The molecule has 0 aliphatic carbocycles. The Morgan fingerprint density at radius 1 is 1.09 bits per heavy atom. The van der Waals surface area contributed by atoms with Crippen LogP contribution in [0.3, 0.4) is 0 Å². The fourth-order valence-corrected chi connectivity index (χ4v) is 4.21. The molecule has 0 bridgehead atoms. The Morgan fingerprint density at radius 3 is 2.88 bits per heavy atom. The molecule has 164 valence electrons. The minimum atomic E-state index is -0.398. The van der Waals surface area contributed by atoms with Gasteiger partial charge in [-0.2, -0.15) is 5.10 Å². The molecule has 0 amide bonds. The van der Waals surface area contributed by atoms with Gasteiger partial charge < -0.3 is 15.0 Å². The molecule has 0 saturated carbocycles. The second-order valence-electron chi connectivity index (χ2n) is 7.81. The highest BCUT2D eigenvalue weighted by molar-refractivity contribution is 5.96. The highest BCUT2D eigenvalue weighted by atomic mass is 19.1. The molecule has 5 heterocycles. The zero-order valence-corrected chi connectivity index (χ0v) is 17.8. The molecular formula is C24H20FN7O. The Morgan fingerprint density at radius 2 is 2.03 bits per heavy atom. The SMILES string of the molecule is COc1cc(F)cc(-c2nccc3[nH]c(-c4nn(C5=CCNCC5)c5ncccc45)nc23)c1. The van der Waals surface area contributed by atoms with Crippen molar-refractivity contribution in [3.63, 3.8) is 0 Å². The largest absolute Gasteiger partial charge is 0.497 e. The summed E-state index contributed by atoms with van der Waals surface area (Å²) in [6.07, 6.45) is 6.44. The molecule has 9 heteroatoms. The van der Waals surface area contributed by atoms with Crippen LogP contribution in [-0.2, 0) is 0 Å². The van der Waals surface area contributed by atoms with Crippen LogP contribution in [0.1, 0.15) is 6.42 Å². The van der Waals surface area contributed by atoms with Gasteiger partial charge >= 0.3 is 0 Å². The molecule has 5 aromatic rings. The van der Waals surface area contributed by atoms with E-state index >= 15 is 0 Å². The van der Waals surface area contributed by atoms with Gasteiger partial charge in [0.05, 0.1) is 23.7 Å². The molecule has 6 rings (SSSR count). The van der Waals surface area contributed by atoms with E-state index in [-0.39, 0.29) is 0 Å². The van der Waals surface area contributed by atoms with Crippen LogP contribution >= 0.6 is 0 Å². The number of halogens is 1. The Kier molecular flexibility index (Phi) is 4.62. The van der Waals surface area contributed by atoms with Crippen LogP contribution in [0.5, 0.6) is 5.75 Å². The number of H-pyrrole nitrogens is 1. The minimum absolute atomic E-state index is 0.398. The monoisotopic (exact) mass is 441 g/mol.